The van der Waals surface area contributed by atoms with Gasteiger partial charge < -0.3 is 19.5 Å². The number of ether oxygens (including phenoxy) is 2. The fourth-order valence-electron chi connectivity index (χ4n) is 2.59. The number of aliphatic hydroxyl groups excluding tert-OH is 1. The SMILES string of the molecule is O=C(C1=Cc2ccccc2OC=C1)N1CCOC[C@H](CO)C1. The van der Waals surface area contributed by atoms with E-state index in [-0.39, 0.29) is 18.4 Å². The average Bonchev–Trinajstić information content (AvgIpc) is 2.92. The number of aliphatic hydroxyl groups is 1. The molecule has 1 aromatic rings. The Bertz CT molecular complexity index is 608. The summed E-state index contributed by atoms with van der Waals surface area (Å²) in [5, 5.41) is 9.33. The first-order chi connectivity index (χ1) is 10.8. The predicted molar refractivity (Wildman–Crippen MR) is 82.2 cm³/mol. The van der Waals surface area contributed by atoms with Gasteiger partial charge in [-0.05, 0) is 18.2 Å². The van der Waals surface area contributed by atoms with Crippen molar-refractivity contribution in [2.24, 2.45) is 5.92 Å². The van der Waals surface area contributed by atoms with Crippen LogP contribution in [0, 0.1) is 5.92 Å². The standard InChI is InChI=1S/C17H19NO4/c19-11-13-10-18(6-8-21-12-13)17(20)15-5-7-22-16-4-2-1-3-14(16)9-15/h1-5,7,9,13,19H,6,8,10-12H2/t13-/m0/s1. The molecule has 1 amide bonds. The summed E-state index contributed by atoms with van der Waals surface area (Å²) >= 11 is 0. The molecule has 0 bridgehead atoms. The first kappa shape index (κ1) is 14.8. The zero-order valence-electron chi connectivity index (χ0n) is 12.3. The molecule has 0 spiro atoms. The normalized spacial score (nSPS) is 21.2. The van der Waals surface area contributed by atoms with E-state index in [1.54, 1.807) is 11.0 Å². The van der Waals surface area contributed by atoms with Gasteiger partial charge in [-0.3, -0.25) is 4.79 Å². The zero-order valence-corrected chi connectivity index (χ0v) is 12.3. The molecule has 1 atom stereocenters. The van der Waals surface area contributed by atoms with E-state index in [1.165, 1.54) is 6.26 Å². The highest BCUT2D eigenvalue weighted by Crippen LogP contribution is 2.25. The van der Waals surface area contributed by atoms with E-state index in [4.69, 9.17) is 9.47 Å². The van der Waals surface area contributed by atoms with Gasteiger partial charge in [0, 0.05) is 36.8 Å². The van der Waals surface area contributed by atoms with Crippen molar-refractivity contribution in [3.63, 3.8) is 0 Å². The molecule has 5 nitrogen and oxygen atoms in total. The summed E-state index contributed by atoms with van der Waals surface area (Å²) in [6, 6.07) is 7.59. The molecule has 1 fully saturated rings. The maximum Gasteiger partial charge on any atom is 0.254 e. The van der Waals surface area contributed by atoms with Crippen LogP contribution in [0.4, 0.5) is 0 Å². The minimum Gasteiger partial charge on any atom is -0.464 e. The lowest BCUT2D eigenvalue weighted by atomic mass is 10.1. The van der Waals surface area contributed by atoms with Crippen LogP contribution >= 0.6 is 0 Å². The molecule has 0 unspecified atom stereocenters. The van der Waals surface area contributed by atoms with Crippen molar-refractivity contribution in [1.29, 1.82) is 0 Å². The number of amides is 1. The van der Waals surface area contributed by atoms with Crippen molar-refractivity contribution in [2.75, 3.05) is 32.9 Å². The number of carbonyl (C=O) groups excluding carboxylic acids is 1. The third kappa shape index (κ3) is 3.21. The molecular formula is C17H19NO4. The van der Waals surface area contributed by atoms with Crippen molar-refractivity contribution in [3.05, 3.63) is 47.7 Å². The molecule has 2 heterocycles. The molecular weight excluding hydrogens is 282 g/mol. The minimum atomic E-state index is -0.0690. The van der Waals surface area contributed by atoms with Crippen molar-refractivity contribution >= 4 is 12.0 Å². The largest absolute Gasteiger partial charge is 0.464 e. The fourth-order valence-corrected chi connectivity index (χ4v) is 2.59. The van der Waals surface area contributed by atoms with Gasteiger partial charge in [-0.1, -0.05) is 18.2 Å². The predicted octanol–water partition coefficient (Wildman–Crippen LogP) is 1.44. The Labute approximate surface area is 129 Å². The van der Waals surface area contributed by atoms with Gasteiger partial charge in [0.15, 0.2) is 0 Å². The van der Waals surface area contributed by atoms with E-state index < -0.39 is 0 Å². The summed E-state index contributed by atoms with van der Waals surface area (Å²) in [4.78, 5) is 14.5. The summed E-state index contributed by atoms with van der Waals surface area (Å²) in [5.74, 6) is 0.625. The van der Waals surface area contributed by atoms with Crippen molar-refractivity contribution in [3.8, 4) is 5.75 Å². The second-order valence-corrected chi connectivity index (χ2v) is 5.43. The van der Waals surface area contributed by atoms with Crippen molar-refractivity contribution < 1.29 is 19.4 Å². The zero-order chi connectivity index (χ0) is 15.4. The molecule has 1 N–H and O–H groups in total. The summed E-state index contributed by atoms with van der Waals surface area (Å²) in [5.41, 5.74) is 1.45. The van der Waals surface area contributed by atoms with E-state index in [1.807, 2.05) is 30.3 Å². The molecule has 116 valence electrons. The molecule has 1 aromatic carbocycles. The fraction of sp³-hybridized carbons (Fsp3) is 0.353. The quantitative estimate of drug-likeness (QED) is 0.898. The molecule has 0 saturated carbocycles. The molecule has 22 heavy (non-hydrogen) atoms. The average molecular weight is 301 g/mol. The highest BCUT2D eigenvalue weighted by molar-refractivity contribution is 6.01. The van der Waals surface area contributed by atoms with E-state index in [2.05, 4.69) is 0 Å². The third-order valence-electron chi connectivity index (χ3n) is 3.80. The van der Waals surface area contributed by atoms with E-state index in [0.717, 1.165) is 11.3 Å². The van der Waals surface area contributed by atoms with E-state index in [9.17, 15) is 9.90 Å². The van der Waals surface area contributed by atoms with Crippen LogP contribution in [0.2, 0.25) is 0 Å². The Hall–Kier alpha value is -2.11. The molecule has 0 radical (unpaired) electrons. The van der Waals surface area contributed by atoms with Crippen LogP contribution in [0.1, 0.15) is 5.56 Å². The number of carbonyl (C=O) groups is 1. The highest BCUT2D eigenvalue weighted by atomic mass is 16.5. The Balaban J connectivity index is 1.83. The first-order valence-electron chi connectivity index (χ1n) is 7.40. The second kappa shape index (κ2) is 6.77. The Morgan fingerprint density at radius 1 is 1.36 bits per heavy atom. The number of nitrogens with zero attached hydrogens (tertiary/aromatic N) is 1. The number of rotatable bonds is 2. The number of benzene rings is 1. The summed E-state index contributed by atoms with van der Waals surface area (Å²) in [6.45, 7) is 2.03. The molecule has 0 aromatic heterocycles. The number of hydrogen-bond acceptors (Lipinski definition) is 4. The molecule has 5 heteroatoms. The topological polar surface area (TPSA) is 59.0 Å². The monoisotopic (exact) mass is 301 g/mol. The second-order valence-electron chi connectivity index (χ2n) is 5.43. The smallest absolute Gasteiger partial charge is 0.254 e. The molecule has 1 saturated heterocycles. The summed E-state index contributed by atoms with van der Waals surface area (Å²) in [7, 11) is 0. The lowest BCUT2D eigenvalue weighted by molar-refractivity contribution is -0.127. The van der Waals surface area contributed by atoms with Gasteiger partial charge in [0.25, 0.3) is 5.91 Å². The molecule has 2 aliphatic rings. The number of fused-ring (bicyclic) bond motifs is 1. The molecule has 3 rings (SSSR count). The minimum absolute atomic E-state index is 0.0185. The van der Waals surface area contributed by atoms with E-state index in [0.29, 0.717) is 31.9 Å². The van der Waals surface area contributed by atoms with Crippen molar-refractivity contribution in [1.82, 2.24) is 4.90 Å². The van der Waals surface area contributed by atoms with Crippen LogP contribution in [-0.4, -0.2) is 48.8 Å². The van der Waals surface area contributed by atoms with Gasteiger partial charge in [-0.15, -0.1) is 0 Å². The van der Waals surface area contributed by atoms with Crippen LogP contribution in [0.5, 0.6) is 5.75 Å². The van der Waals surface area contributed by atoms with Gasteiger partial charge in [0.05, 0.1) is 19.5 Å². The van der Waals surface area contributed by atoms with Gasteiger partial charge >= 0.3 is 0 Å². The van der Waals surface area contributed by atoms with Gasteiger partial charge in [0.1, 0.15) is 5.75 Å². The Morgan fingerprint density at radius 2 is 2.23 bits per heavy atom. The summed E-state index contributed by atoms with van der Waals surface area (Å²) in [6.07, 6.45) is 5.05. The van der Waals surface area contributed by atoms with Crippen LogP contribution in [-0.2, 0) is 9.53 Å². The number of hydrogen-bond donors (Lipinski definition) is 1. The molecule has 0 aliphatic carbocycles. The summed E-state index contributed by atoms with van der Waals surface area (Å²) < 4.78 is 10.9. The lowest BCUT2D eigenvalue weighted by Gasteiger charge is -2.23. The van der Waals surface area contributed by atoms with Gasteiger partial charge in [-0.2, -0.15) is 0 Å². The lowest BCUT2D eigenvalue weighted by Crippen LogP contribution is -2.37. The van der Waals surface area contributed by atoms with Crippen LogP contribution < -0.4 is 4.74 Å². The van der Waals surface area contributed by atoms with Crippen LogP contribution in [0.15, 0.2) is 42.2 Å². The maximum absolute atomic E-state index is 12.7. The Kier molecular flexibility index (Phi) is 4.56. The molecule has 2 aliphatic heterocycles. The third-order valence-corrected chi connectivity index (χ3v) is 3.80. The van der Waals surface area contributed by atoms with Crippen LogP contribution in [0.25, 0.3) is 6.08 Å². The van der Waals surface area contributed by atoms with Gasteiger partial charge in [-0.25, -0.2) is 0 Å². The van der Waals surface area contributed by atoms with Crippen LogP contribution in [0.3, 0.4) is 0 Å². The number of para-hydroxylation sites is 1. The van der Waals surface area contributed by atoms with E-state index >= 15 is 0 Å². The highest BCUT2D eigenvalue weighted by Gasteiger charge is 2.24. The van der Waals surface area contributed by atoms with Crippen molar-refractivity contribution in [2.45, 2.75) is 0 Å². The Morgan fingerprint density at radius 3 is 3.09 bits per heavy atom. The van der Waals surface area contributed by atoms with Gasteiger partial charge in [0.2, 0.25) is 0 Å². The first-order valence-corrected chi connectivity index (χ1v) is 7.40. The maximum atomic E-state index is 12.7.